The van der Waals surface area contributed by atoms with Crippen LogP contribution < -0.4 is 9.64 Å². The SMILES string of the molecule is Cc1nccc(N2CCn3nc(COc4ccccc4)cc3C2=O)n1. The van der Waals surface area contributed by atoms with Crippen molar-refractivity contribution >= 4 is 11.7 Å². The van der Waals surface area contributed by atoms with Crippen molar-refractivity contribution in [2.45, 2.75) is 20.1 Å². The fourth-order valence-corrected chi connectivity index (χ4v) is 2.80. The van der Waals surface area contributed by atoms with Crippen LogP contribution in [-0.4, -0.2) is 32.2 Å². The summed E-state index contributed by atoms with van der Waals surface area (Å²) in [6.07, 6.45) is 1.66. The number of anilines is 1. The molecule has 3 aromatic rings. The van der Waals surface area contributed by atoms with E-state index in [1.165, 1.54) is 0 Å². The molecule has 0 fully saturated rings. The lowest BCUT2D eigenvalue weighted by molar-refractivity contribution is 0.0961. The fourth-order valence-electron chi connectivity index (χ4n) is 2.80. The van der Waals surface area contributed by atoms with Crippen molar-refractivity contribution in [3.63, 3.8) is 0 Å². The Morgan fingerprint density at radius 3 is 2.80 bits per heavy atom. The standard InChI is InChI=1S/C18H17N5O2/c1-13-19-8-7-17(20-13)22-9-10-23-16(18(22)24)11-14(21-23)12-25-15-5-3-2-4-6-15/h2-8,11H,9-10,12H2,1H3. The molecule has 7 heteroatoms. The van der Waals surface area contributed by atoms with Gasteiger partial charge in [-0.15, -0.1) is 0 Å². The maximum atomic E-state index is 12.8. The summed E-state index contributed by atoms with van der Waals surface area (Å²) < 4.78 is 7.44. The van der Waals surface area contributed by atoms with Gasteiger partial charge in [-0.2, -0.15) is 5.10 Å². The Bertz CT molecular complexity index is 907. The molecule has 3 heterocycles. The Morgan fingerprint density at radius 1 is 1.16 bits per heavy atom. The third-order valence-corrected chi connectivity index (χ3v) is 4.00. The second-order valence-corrected chi connectivity index (χ2v) is 5.76. The van der Waals surface area contributed by atoms with Gasteiger partial charge in [-0.1, -0.05) is 18.2 Å². The van der Waals surface area contributed by atoms with E-state index >= 15 is 0 Å². The number of para-hydroxylation sites is 1. The zero-order chi connectivity index (χ0) is 17.2. The first kappa shape index (κ1) is 15.3. The van der Waals surface area contributed by atoms with E-state index in [0.29, 0.717) is 37.0 Å². The number of benzene rings is 1. The molecule has 0 unspecified atom stereocenters. The molecule has 1 aliphatic rings. The van der Waals surface area contributed by atoms with Crippen molar-refractivity contribution in [2.24, 2.45) is 0 Å². The first-order chi connectivity index (χ1) is 12.2. The van der Waals surface area contributed by atoms with Gasteiger partial charge < -0.3 is 4.74 Å². The van der Waals surface area contributed by atoms with E-state index in [2.05, 4.69) is 15.1 Å². The number of rotatable bonds is 4. The van der Waals surface area contributed by atoms with Crippen LogP contribution in [0, 0.1) is 6.92 Å². The molecule has 7 nitrogen and oxygen atoms in total. The molecule has 2 aromatic heterocycles. The molecule has 0 atom stereocenters. The highest BCUT2D eigenvalue weighted by atomic mass is 16.5. The Balaban J connectivity index is 1.53. The topological polar surface area (TPSA) is 73.1 Å². The Morgan fingerprint density at radius 2 is 2.00 bits per heavy atom. The van der Waals surface area contributed by atoms with Crippen molar-refractivity contribution in [2.75, 3.05) is 11.4 Å². The zero-order valence-electron chi connectivity index (χ0n) is 13.8. The van der Waals surface area contributed by atoms with Gasteiger partial charge in [0.2, 0.25) is 0 Å². The van der Waals surface area contributed by atoms with Crippen LogP contribution >= 0.6 is 0 Å². The van der Waals surface area contributed by atoms with E-state index in [1.807, 2.05) is 30.3 Å². The third-order valence-electron chi connectivity index (χ3n) is 4.00. The number of carbonyl (C=O) groups is 1. The average Bonchev–Trinajstić information content (AvgIpc) is 3.05. The van der Waals surface area contributed by atoms with Crippen LogP contribution in [0.3, 0.4) is 0 Å². The van der Waals surface area contributed by atoms with Crippen LogP contribution in [0.2, 0.25) is 0 Å². The number of hydrogen-bond acceptors (Lipinski definition) is 5. The Hall–Kier alpha value is -3.22. The van der Waals surface area contributed by atoms with E-state index < -0.39 is 0 Å². The quantitative estimate of drug-likeness (QED) is 0.731. The number of nitrogens with zero attached hydrogens (tertiary/aromatic N) is 5. The predicted octanol–water partition coefficient (Wildman–Crippen LogP) is 2.22. The predicted molar refractivity (Wildman–Crippen MR) is 91.4 cm³/mol. The summed E-state index contributed by atoms with van der Waals surface area (Å²) in [7, 11) is 0. The maximum absolute atomic E-state index is 12.8. The molecule has 25 heavy (non-hydrogen) atoms. The average molecular weight is 335 g/mol. The van der Waals surface area contributed by atoms with Crippen molar-refractivity contribution in [3.05, 3.63) is 65.9 Å². The monoisotopic (exact) mass is 335 g/mol. The molecule has 0 saturated carbocycles. The van der Waals surface area contributed by atoms with Crippen LogP contribution in [0.25, 0.3) is 0 Å². The van der Waals surface area contributed by atoms with E-state index in [9.17, 15) is 4.79 Å². The summed E-state index contributed by atoms with van der Waals surface area (Å²) in [5.41, 5.74) is 1.28. The van der Waals surface area contributed by atoms with Gasteiger partial charge in [0.15, 0.2) is 0 Å². The van der Waals surface area contributed by atoms with Crippen LogP contribution in [0.15, 0.2) is 48.7 Å². The van der Waals surface area contributed by atoms with E-state index in [0.717, 1.165) is 11.4 Å². The zero-order valence-corrected chi connectivity index (χ0v) is 13.8. The Labute approximate surface area is 144 Å². The highest BCUT2D eigenvalue weighted by Crippen LogP contribution is 2.20. The summed E-state index contributed by atoms with van der Waals surface area (Å²) in [6, 6.07) is 13.1. The molecule has 126 valence electrons. The van der Waals surface area contributed by atoms with E-state index in [1.54, 1.807) is 34.8 Å². The molecule has 0 bridgehead atoms. The molecule has 1 amide bonds. The molecule has 0 N–H and O–H groups in total. The molecule has 0 spiro atoms. The first-order valence-electron chi connectivity index (χ1n) is 8.07. The third kappa shape index (κ3) is 3.08. The highest BCUT2D eigenvalue weighted by molar-refractivity contribution is 6.05. The number of amides is 1. The molecule has 0 saturated heterocycles. The van der Waals surface area contributed by atoms with Crippen molar-refractivity contribution < 1.29 is 9.53 Å². The van der Waals surface area contributed by atoms with Crippen molar-refractivity contribution in [1.82, 2.24) is 19.7 Å². The molecule has 1 aromatic carbocycles. The number of fused-ring (bicyclic) bond motifs is 1. The highest BCUT2D eigenvalue weighted by Gasteiger charge is 2.28. The largest absolute Gasteiger partial charge is 0.487 e. The molecule has 0 radical (unpaired) electrons. The lowest BCUT2D eigenvalue weighted by atomic mass is 10.2. The van der Waals surface area contributed by atoms with Crippen LogP contribution in [0.5, 0.6) is 5.75 Å². The fraction of sp³-hybridized carbons (Fsp3) is 0.222. The number of aryl methyl sites for hydroxylation is 1. The minimum Gasteiger partial charge on any atom is -0.487 e. The number of ether oxygens (including phenoxy) is 1. The van der Waals surface area contributed by atoms with Crippen molar-refractivity contribution in [1.29, 1.82) is 0 Å². The van der Waals surface area contributed by atoms with Gasteiger partial charge in [0.1, 0.15) is 35.4 Å². The Kier molecular flexibility index (Phi) is 3.89. The molecular formula is C18H17N5O2. The normalized spacial score (nSPS) is 13.6. The summed E-state index contributed by atoms with van der Waals surface area (Å²) in [4.78, 5) is 22.9. The summed E-state index contributed by atoms with van der Waals surface area (Å²) in [6.45, 7) is 3.28. The van der Waals surface area contributed by atoms with Gasteiger partial charge in [0.25, 0.3) is 5.91 Å². The van der Waals surface area contributed by atoms with Gasteiger partial charge >= 0.3 is 0 Å². The molecule has 0 aliphatic carbocycles. The van der Waals surface area contributed by atoms with E-state index in [-0.39, 0.29) is 5.91 Å². The molecule has 1 aliphatic heterocycles. The molecule has 4 rings (SSSR count). The summed E-state index contributed by atoms with van der Waals surface area (Å²) in [5, 5.41) is 4.47. The lowest BCUT2D eigenvalue weighted by Gasteiger charge is -2.26. The van der Waals surface area contributed by atoms with Gasteiger partial charge in [0.05, 0.1) is 6.54 Å². The summed E-state index contributed by atoms with van der Waals surface area (Å²) >= 11 is 0. The van der Waals surface area contributed by atoms with Crippen LogP contribution in [-0.2, 0) is 13.2 Å². The number of hydrogen-bond donors (Lipinski definition) is 0. The van der Waals surface area contributed by atoms with Gasteiger partial charge in [-0.05, 0) is 31.2 Å². The van der Waals surface area contributed by atoms with Gasteiger partial charge in [-0.25, -0.2) is 9.97 Å². The van der Waals surface area contributed by atoms with Gasteiger partial charge in [-0.3, -0.25) is 14.4 Å². The van der Waals surface area contributed by atoms with Crippen molar-refractivity contribution in [3.8, 4) is 5.75 Å². The van der Waals surface area contributed by atoms with E-state index in [4.69, 9.17) is 4.74 Å². The summed E-state index contributed by atoms with van der Waals surface area (Å²) in [5.74, 6) is 1.93. The molecular weight excluding hydrogens is 318 g/mol. The minimum atomic E-state index is -0.109. The van der Waals surface area contributed by atoms with Crippen LogP contribution in [0.4, 0.5) is 5.82 Å². The number of aromatic nitrogens is 4. The lowest BCUT2D eigenvalue weighted by Crippen LogP contribution is -2.41. The van der Waals surface area contributed by atoms with Crippen LogP contribution in [0.1, 0.15) is 22.0 Å². The second-order valence-electron chi connectivity index (χ2n) is 5.76. The smallest absolute Gasteiger partial charge is 0.277 e. The first-order valence-corrected chi connectivity index (χ1v) is 8.07. The number of carbonyl (C=O) groups excluding carboxylic acids is 1. The van der Waals surface area contributed by atoms with Gasteiger partial charge in [0, 0.05) is 12.7 Å². The minimum absolute atomic E-state index is 0.109. The second kappa shape index (κ2) is 6.35. The maximum Gasteiger partial charge on any atom is 0.277 e.